The van der Waals surface area contributed by atoms with Crippen LogP contribution in [-0.4, -0.2) is 18.1 Å². The summed E-state index contributed by atoms with van der Waals surface area (Å²) in [6, 6.07) is 4.02. The average molecular weight is 310 g/mol. The molecule has 2 aromatic heterocycles. The molecule has 0 saturated heterocycles. The summed E-state index contributed by atoms with van der Waals surface area (Å²) >= 11 is 3.34. The lowest BCUT2D eigenvalue weighted by molar-refractivity contribution is -0.141. The molecule has 0 radical (unpaired) electrons. The molecule has 6 heteroatoms. The van der Waals surface area contributed by atoms with E-state index in [0.29, 0.717) is 6.42 Å². The van der Waals surface area contributed by atoms with Crippen molar-refractivity contribution in [1.29, 1.82) is 0 Å². The van der Waals surface area contributed by atoms with Crippen LogP contribution in [0, 0.1) is 13.8 Å². The predicted molar refractivity (Wildman–Crippen MR) is 82.1 cm³/mol. The number of aryl methyl sites for hydroxylation is 2. The van der Waals surface area contributed by atoms with Gasteiger partial charge in [-0.3, -0.25) is 4.79 Å². The summed E-state index contributed by atoms with van der Waals surface area (Å²) in [4.78, 5) is 18.3. The van der Waals surface area contributed by atoms with Crippen LogP contribution in [0.4, 0.5) is 0 Å². The molecule has 0 amide bonds. The zero-order chi connectivity index (χ0) is 14.5. The molecule has 108 valence electrons. The van der Waals surface area contributed by atoms with Crippen LogP contribution in [-0.2, 0) is 16.1 Å². The molecule has 0 bridgehead atoms. The van der Waals surface area contributed by atoms with Crippen LogP contribution in [0.5, 0.6) is 0 Å². The molecule has 2 aromatic rings. The normalized spacial score (nSPS) is 12.3. The number of nitrogens with one attached hydrogen (secondary N) is 1. The van der Waals surface area contributed by atoms with Gasteiger partial charge in [0.1, 0.15) is 0 Å². The molecule has 4 nitrogen and oxygen atoms in total. The van der Waals surface area contributed by atoms with Crippen molar-refractivity contribution >= 4 is 28.6 Å². The fourth-order valence-corrected chi connectivity index (χ4v) is 3.66. The maximum Gasteiger partial charge on any atom is 0.307 e. The SMILES string of the molecule is COC(=O)CC(NCc1sc(C)nc1C)c1cccs1. The molecule has 1 atom stereocenters. The molecule has 20 heavy (non-hydrogen) atoms. The molecule has 0 aliphatic heterocycles. The maximum absolute atomic E-state index is 11.5. The molecular formula is C14H18N2O2S2. The fourth-order valence-electron chi connectivity index (χ4n) is 1.97. The van der Waals surface area contributed by atoms with Crippen molar-refractivity contribution in [2.45, 2.75) is 32.9 Å². The Morgan fingerprint density at radius 1 is 1.50 bits per heavy atom. The summed E-state index contributed by atoms with van der Waals surface area (Å²) < 4.78 is 4.77. The van der Waals surface area contributed by atoms with E-state index in [1.807, 2.05) is 31.4 Å². The van der Waals surface area contributed by atoms with E-state index >= 15 is 0 Å². The van der Waals surface area contributed by atoms with Gasteiger partial charge in [0.15, 0.2) is 0 Å². The van der Waals surface area contributed by atoms with Gasteiger partial charge in [0.05, 0.1) is 30.3 Å². The smallest absolute Gasteiger partial charge is 0.307 e. The van der Waals surface area contributed by atoms with E-state index in [0.717, 1.165) is 22.1 Å². The van der Waals surface area contributed by atoms with E-state index in [9.17, 15) is 4.79 Å². The van der Waals surface area contributed by atoms with Crippen molar-refractivity contribution in [3.05, 3.63) is 38.0 Å². The van der Waals surface area contributed by atoms with E-state index in [4.69, 9.17) is 4.74 Å². The lowest BCUT2D eigenvalue weighted by atomic mass is 10.1. The lowest BCUT2D eigenvalue weighted by Gasteiger charge is -2.16. The maximum atomic E-state index is 11.5. The Morgan fingerprint density at radius 3 is 2.85 bits per heavy atom. The third-order valence-electron chi connectivity index (χ3n) is 2.99. The van der Waals surface area contributed by atoms with Gasteiger partial charge in [-0.05, 0) is 25.3 Å². The van der Waals surface area contributed by atoms with Gasteiger partial charge in [0.25, 0.3) is 0 Å². The van der Waals surface area contributed by atoms with Crippen LogP contribution in [0.15, 0.2) is 17.5 Å². The number of nitrogens with zero attached hydrogens (tertiary/aromatic N) is 1. The number of hydrogen-bond acceptors (Lipinski definition) is 6. The van der Waals surface area contributed by atoms with E-state index in [2.05, 4.69) is 10.3 Å². The molecular weight excluding hydrogens is 292 g/mol. The molecule has 0 spiro atoms. The Bertz CT molecular complexity index is 564. The number of rotatable bonds is 6. The van der Waals surface area contributed by atoms with E-state index in [1.165, 1.54) is 12.0 Å². The minimum absolute atomic E-state index is 0.00995. The quantitative estimate of drug-likeness (QED) is 0.832. The van der Waals surface area contributed by atoms with Gasteiger partial charge in [0.2, 0.25) is 0 Å². The fraction of sp³-hybridized carbons (Fsp3) is 0.429. The van der Waals surface area contributed by atoms with Crippen molar-refractivity contribution in [1.82, 2.24) is 10.3 Å². The average Bonchev–Trinajstić information content (AvgIpc) is 3.04. The van der Waals surface area contributed by atoms with Crippen LogP contribution < -0.4 is 5.32 Å². The highest BCUT2D eigenvalue weighted by molar-refractivity contribution is 7.11. The molecule has 2 rings (SSSR count). The second kappa shape index (κ2) is 6.97. The second-order valence-electron chi connectivity index (χ2n) is 4.47. The highest BCUT2D eigenvalue weighted by atomic mass is 32.1. The summed E-state index contributed by atoms with van der Waals surface area (Å²) in [5, 5.41) is 6.52. The molecule has 1 N–H and O–H groups in total. The van der Waals surface area contributed by atoms with E-state index in [1.54, 1.807) is 22.7 Å². The number of thiophene rings is 1. The summed E-state index contributed by atoms with van der Waals surface area (Å²) in [6.07, 6.45) is 0.341. The number of ether oxygens (including phenoxy) is 1. The number of esters is 1. The first-order valence-electron chi connectivity index (χ1n) is 6.36. The van der Waals surface area contributed by atoms with Gasteiger partial charge < -0.3 is 10.1 Å². The first-order valence-corrected chi connectivity index (χ1v) is 8.06. The van der Waals surface area contributed by atoms with Gasteiger partial charge in [0, 0.05) is 16.3 Å². The molecule has 0 fully saturated rings. The highest BCUT2D eigenvalue weighted by Gasteiger charge is 2.18. The minimum Gasteiger partial charge on any atom is -0.469 e. The number of carbonyl (C=O) groups is 1. The third kappa shape index (κ3) is 3.88. The zero-order valence-electron chi connectivity index (χ0n) is 11.8. The lowest BCUT2D eigenvalue weighted by Crippen LogP contribution is -2.23. The van der Waals surface area contributed by atoms with Crippen LogP contribution in [0.25, 0.3) is 0 Å². The number of hydrogen-bond donors (Lipinski definition) is 1. The second-order valence-corrected chi connectivity index (χ2v) is 6.74. The Labute approximate surface area is 126 Å². The van der Waals surface area contributed by atoms with Crippen molar-refractivity contribution in [3.63, 3.8) is 0 Å². The van der Waals surface area contributed by atoms with Crippen molar-refractivity contribution in [2.24, 2.45) is 0 Å². The predicted octanol–water partition coefficient (Wildman–Crippen LogP) is 3.22. The highest BCUT2D eigenvalue weighted by Crippen LogP contribution is 2.24. The summed E-state index contributed by atoms with van der Waals surface area (Å²) in [5.74, 6) is -0.201. The van der Waals surface area contributed by atoms with E-state index in [-0.39, 0.29) is 12.0 Å². The Hall–Kier alpha value is -1.24. The van der Waals surface area contributed by atoms with Gasteiger partial charge in [-0.25, -0.2) is 4.98 Å². The van der Waals surface area contributed by atoms with Crippen LogP contribution in [0.2, 0.25) is 0 Å². The summed E-state index contributed by atoms with van der Waals surface area (Å²) in [5.41, 5.74) is 1.06. The third-order valence-corrected chi connectivity index (χ3v) is 5.05. The first kappa shape index (κ1) is 15.2. The summed E-state index contributed by atoms with van der Waals surface area (Å²) in [7, 11) is 1.42. The van der Waals surface area contributed by atoms with Crippen molar-refractivity contribution in [2.75, 3.05) is 7.11 Å². The van der Waals surface area contributed by atoms with Crippen LogP contribution >= 0.6 is 22.7 Å². The van der Waals surface area contributed by atoms with Crippen molar-refractivity contribution < 1.29 is 9.53 Å². The topological polar surface area (TPSA) is 51.2 Å². The monoisotopic (exact) mass is 310 g/mol. The summed E-state index contributed by atoms with van der Waals surface area (Å²) in [6.45, 7) is 4.74. The van der Waals surface area contributed by atoms with E-state index < -0.39 is 0 Å². The minimum atomic E-state index is -0.201. The van der Waals surface area contributed by atoms with Gasteiger partial charge in [-0.15, -0.1) is 22.7 Å². The van der Waals surface area contributed by atoms with Gasteiger partial charge in [-0.1, -0.05) is 6.07 Å². The molecule has 0 aromatic carbocycles. The molecule has 0 aliphatic rings. The first-order chi connectivity index (χ1) is 9.60. The molecule has 0 aliphatic carbocycles. The molecule has 2 heterocycles. The van der Waals surface area contributed by atoms with Crippen molar-refractivity contribution in [3.8, 4) is 0 Å². The zero-order valence-corrected chi connectivity index (χ0v) is 13.4. The Kier molecular flexibility index (Phi) is 5.28. The molecule has 0 saturated carbocycles. The standard InChI is InChI=1S/C14H18N2O2S2/c1-9-13(20-10(2)16-9)8-15-11(7-14(17)18-3)12-5-4-6-19-12/h4-6,11,15H,7-8H2,1-3H3. The van der Waals surface area contributed by atoms with Crippen LogP contribution in [0.3, 0.4) is 0 Å². The number of methoxy groups -OCH3 is 1. The number of thiazole rings is 1. The Balaban J connectivity index is 2.04. The van der Waals surface area contributed by atoms with Gasteiger partial charge in [-0.2, -0.15) is 0 Å². The Morgan fingerprint density at radius 2 is 2.30 bits per heavy atom. The molecule has 1 unspecified atom stereocenters. The van der Waals surface area contributed by atoms with Crippen LogP contribution in [0.1, 0.15) is 32.9 Å². The van der Waals surface area contributed by atoms with Gasteiger partial charge >= 0.3 is 5.97 Å². The largest absolute Gasteiger partial charge is 0.469 e. The number of carbonyl (C=O) groups excluding carboxylic acids is 1. The number of aromatic nitrogens is 1.